The van der Waals surface area contributed by atoms with Crippen LogP contribution in [0.2, 0.25) is 0 Å². The Balaban J connectivity index is 1.83. The first kappa shape index (κ1) is 22.9. The molecule has 1 aliphatic heterocycles. The smallest absolute Gasteiger partial charge is 0.419 e. The van der Waals surface area contributed by atoms with E-state index < -0.39 is 11.7 Å². The van der Waals surface area contributed by atoms with Crippen LogP contribution in [0, 0.1) is 0 Å². The molecule has 1 heterocycles. The van der Waals surface area contributed by atoms with Gasteiger partial charge in [0.05, 0.1) is 26.9 Å². The largest absolute Gasteiger partial charge is 0.496 e. The van der Waals surface area contributed by atoms with Crippen molar-refractivity contribution >= 4 is 5.69 Å². The maximum Gasteiger partial charge on any atom is 0.419 e. The minimum Gasteiger partial charge on any atom is -0.496 e. The standard InChI is InChI=1S/C22H27F3N2O4/c1-27-8-7-16(13-27)31-19-10-15(5-6-17(19)22(23,24)25)26-12-14-9-20(29-3)21(30-4)11-18(14)28-2/h5-6,9-11,16,26H,7-8,12-13H2,1-4H3/t16-/m1/s1. The van der Waals surface area contributed by atoms with Crippen LogP contribution in [0.15, 0.2) is 30.3 Å². The van der Waals surface area contributed by atoms with Crippen molar-refractivity contribution in [1.82, 2.24) is 4.90 Å². The van der Waals surface area contributed by atoms with Crippen molar-refractivity contribution in [3.8, 4) is 23.0 Å². The van der Waals surface area contributed by atoms with E-state index in [0.717, 1.165) is 18.2 Å². The quantitative estimate of drug-likeness (QED) is 0.656. The molecule has 2 aromatic rings. The van der Waals surface area contributed by atoms with Gasteiger partial charge in [-0.2, -0.15) is 13.2 Å². The van der Waals surface area contributed by atoms with E-state index in [-0.39, 0.29) is 11.9 Å². The molecule has 31 heavy (non-hydrogen) atoms. The summed E-state index contributed by atoms with van der Waals surface area (Å²) in [5.41, 5.74) is 0.488. The molecular formula is C22H27F3N2O4. The molecule has 1 N–H and O–H groups in total. The second-order valence-electron chi connectivity index (χ2n) is 7.37. The Kier molecular flexibility index (Phi) is 7.04. The van der Waals surface area contributed by atoms with Crippen molar-refractivity contribution in [2.75, 3.05) is 46.8 Å². The van der Waals surface area contributed by atoms with Gasteiger partial charge in [-0.3, -0.25) is 0 Å². The van der Waals surface area contributed by atoms with Crippen LogP contribution in [0.4, 0.5) is 18.9 Å². The Bertz CT molecular complexity index is 905. The molecule has 3 rings (SSSR count). The monoisotopic (exact) mass is 440 g/mol. The molecule has 1 aliphatic rings. The van der Waals surface area contributed by atoms with Gasteiger partial charge in [0, 0.05) is 43.0 Å². The summed E-state index contributed by atoms with van der Waals surface area (Å²) in [6.45, 7) is 1.70. The van der Waals surface area contributed by atoms with Crippen molar-refractivity contribution in [1.29, 1.82) is 0 Å². The van der Waals surface area contributed by atoms with Crippen molar-refractivity contribution in [2.24, 2.45) is 0 Å². The van der Waals surface area contributed by atoms with E-state index >= 15 is 0 Å². The number of halogens is 3. The molecule has 170 valence electrons. The van der Waals surface area contributed by atoms with Gasteiger partial charge < -0.3 is 29.2 Å². The van der Waals surface area contributed by atoms with E-state index in [2.05, 4.69) is 5.32 Å². The number of anilines is 1. The van der Waals surface area contributed by atoms with Crippen molar-refractivity contribution < 1.29 is 32.1 Å². The summed E-state index contributed by atoms with van der Waals surface area (Å²) in [5.74, 6) is 1.45. The highest BCUT2D eigenvalue weighted by Gasteiger charge is 2.35. The fourth-order valence-electron chi connectivity index (χ4n) is 3.56. The maximum absolute atomic E-state index is 13.5. The minimum absolute atomic E-state index is 0.169. The highest BCUT2D eigenvalue weighted by atomic mass is 19.4. The van der Waals surface area contributed by atoms with Gasteiger partial charge in [-0.15, -0.1) is 0 Å². The van der Waals surface area contributed by atoms with Gasteiger partial charge in [0.25, 0.3) is 0 Å². The number of hydrogen-bond acceptors (Lipinski definition) is 6. The average Bonchev–Trinajstić information content (AvgIpc) is 3.15. The predicted octanol–water partition coefficient (Wildman–Crippen LogP) is 4.43. The molecule has 1 fully saturated rings. The van der Waals surface area contributed by atoms with Crippen LogP contribution in [-0.2, 0) is 12.7 Å². The molecule has 0 radical (unpaired) electrons. The number of nitrogens with one attached hydrogen (secondary N) is 1. The molecule has 0 aromatic heterocycles. The van der Waals surface area contributed by atoms with Crippen LogP contribution in [0.5, 0.6) is 23.0 Å². The molecule has 0 amide bonds. The summed E-state index contributed by atoms with van der Waals surface area (Å²) in [7, 11) is 6.51. The molecule has 2 aromatic carbocycles. The molecule has 9 heteroatoms. The van der Waals surface area contributed by atoms with Gasteiger partial charge >= 0.3 is 6.18 Å². The Morgan fingerprint density at radius 1 is 0.968 bits per heavy atom. The third-order valence-corrected chi connectivity index (χ3v) is 5.20. The number of likely N-dealkylation sites (N-methyl/N-ethyl adjacent to an activating group) is 1. The van der Waals surface area contributed by atoms with E-state index in [1.807, 2.05) is 11.9 Å². The van der Waals surface area contributed by atoms with E-state index in [1.54, 1.807) is 12.1 Å². The number of ether oxygens (including phenoxy) is 4. The SMILES string of the molecule is COc1cc(OC)c(OC)cc1CNc1ccc(C(F)(F)F)c(O[C@@H]2CCN(C)C2)c1. The molecule has 6 nitrogen and oxygen atoms in total. The summed E-state index contributed by atoms with van der Waals surface area (Å²) >= 11 is 0. The third-order valence-electron chi connectivity index (χ3n) is 5.20. The first-order chi connectivity index (χ1) is 14.7. The summed E-state index contributed by atoms with van der Waals surface area (Å²) in [4.78, 5) is 2.03. The molecule has 0 spiro atoms. The van der Waals surface area contributed by atoms with Crippen molar-refractivity contribution in [2.45, 2.75) is 25.2 Å². The average molecular weight is 440 g/mol. The van der Waals surface area contributed by atoms with Gasteiger partial charge in [0.2, 0.25) is 0 Å². The summed E-state index contributed by atoms with van der Waals surface area (Å²) < 4.78 is 62.2. The normalized spacial score (nSPS) is 16.8. The first-order valence-corrected chi connectivity index (χ1v) is 9.84. The predicted molar refractivity (Wildman–Crippen MR) is 111 cm³/mol. The van der Waals surface area contributed by atoms with Gasteiger partial charge in [-0.1, -0.05) is 0 Å². The van der Waals surface area contributed by atoms with E-state index in [1.165, 1.54) is 33.5 Å². The Morgan fingerprint density at radius 2 is 1.65 bits per heavy atom. The van der Waals surface area contributed by atoms with Gasteiger partial charge in [-0.25, -0.2) is 0 Å². The lowest BCUT2D eigenvalue weighted by Crippen LogP contribution is -2.23. The van der Waals surface area contributed by atoms with Crippen molar-refractivity contribution in [3.05, 3.63) is 41.5 Å². The van der Waals surface area contributed by atoms with Gasteiger partial charge in [0.15, 0.2) is 11.5 Å². The summed E-state index contributed by atoms with van der Waals surface area (Å²) in [5, 5.41) is 3.14. The second-order valence-corrected chi connectivity index (χ2v) is 7.37. The number of methoxy groups -OCH3 is 3. The van der Waals surface area contributed by atoms with Crippen LogP contribution < -0.4 is 24.3 Å². The van der Waals surface area contributed by atoms with Crippen LogP contribution in [0.1, 0.15) is 17.5 Å². The molecule has 0 bridgehead atoms. The number of hydrogen-bond donors (Lipinski definition) is 1. The maximum atomic E-state index is 13.5. The molecular weight excluding hydrogens is 413 g/mol. The fourth-order valence-corrected chi connectivity index (χ4v) is 3.56. The first-order valence-electron chi connectivity index (χ1n) is 9.84. The molecule has 1 saturated heterocycles. The van der Waals surface area contributed by atoms with Crippen LogP contribution in [-0.4, -0.2) is 52.5 Å². The Labute approximate surface area is 179 Å². The van der Waals surface area contributed by atoms with Gasteiger partial charge in [-0.05, 0) is 31.7 Å². The number of rotatable bonds is 8. The highest BCUT2D eigenvalue weighted by Crippen LogP contribution is 2.39. The highest BCUT2D eigenvalue weighted by molar-refractivity contribution is 5.55. The zero-order valence-corrected chi connectivity index (χ0v) is 18.0. The Morgan fingerprint density at radius 3 is 2.23 bits per heavy atom. The lowest BCUT2D eigenvalue weighted by molar-refractivity contribution is -0.139. The van der Waals surface area contributed by atoms with E-state index in [0.29, 0.717) is 42.4 Å². The minimum atomic E-state index is -4.50. The molecule has 0 saturated carbocycles. The number of nitrogens with zero attached hydrogens (tertiary/aromatic N) is 1. The van der Waals surface area contributed by atoms with Crippen LogP contribution >= 0.6 is 0 Å². The second kappa shape index (κ2) is 9.55. The van der Waals surface area contributed by atoms with Crippen LogP contribution in [0.3, 0.4) is 0 Å². The number of likely N-dealkylation sites (tertiary alicyclic amines) is 1. The van der Waals surface area contributed by atoms with E-state index in [4.69, 9.17) is 18.9 Å². The molecule has 1 atom stereocenters. The number of alkyl halides is 3. The van der Waals surface area contributed by atoms with Gasteiger partial charge in [0.1, 0.15) is 17.6 Å². The van der Waals surface area contributed by atoms with E-state index in [9.17, 15) is 13.2 Å². The zero-order valence-electron chi connectivity index (χ0n) is 18.0. The molecule has 0 aliphatic carbocycles. The lowest BCUT2D eigenvalue weighted by Gasteiger charge is -2.20. The fraction of sp³-hybridized carbons (Fsp3) is 0.455. The topological polar surface area (TPSA) is 52.2 Å². The molecule has 0 unspecified atom stereocenters. The third kappa shape index (κ3) is 5.46. The Hall–Kier alpha value is -2.81. The lowest BCUT2D eigenvalue weighted by atomic mass is 10.1. The summed E-state index contributed by atoms with van der Waals surface area (Å²) in [6, 6.07) is 7.30. The van der Waals surface area contributed by atoms with Crippen LogP contribution in [0.25, 0.3) is 0 Å². The van der Waals surface area contributed by atoms with Crippen molar-refractivity contribution in [3.63, 3.8) is 0 Å². The number of benzene rings is 2. The zero-order chi connectivity index (χ0) is 22.6. The summed E-state index contributed by atoms with van der Waals surface area (Å²) in [6.07, 6.45) is -4.08.